The first kappa shape index (κ1) is 82.5. The van der Waals surface area contributed by atoms with Gasteiger partial charge in [0.2, 0.25) is 0 Å². The van der Waals surface area contributed by atoms with Crippen LogP contribution in [0, 0.1) is 34.0 Å². The molecule has 15 saturated carbocycles. The van der Waals surface area contributed by atoms with Crippen LogP contribution >= 0.6 is 0 Å². The highest BCUT2D eigenvalue weighted by Gasteiger charge is 2.87. The number of benzene rings is 2. The first-order valence-electron chi connectivity index (χ1n) is 32.0. The molecule has 17 rings (SSSR count). The molecule has 0 aromatic heterocycles. The number of alkyl halides is 23. The van der Waals surface area contributed by atoms with E-state index in [9.17, 15) is 132 Å². The minimum Gasteiger partial charge on any atom is -0.453 e. The molecule has 37 heteroatoms. The molecule has 578 valence electrons. The lowest BCUT2D eigenvalue weighted by molar-refractivity contribution is -0.379. The fraction of sp³-hybridized carbons (Fsp3) is 0.738. The van der Waals surface area contributed by atoms with Gasteiger partial charge in [-0.05, 0) is 160 Å². The summed E-state index contributed by atoms with van der Waals surface area (Å²) in [7, 11) is -11.0. The monoisotopic (exact) mass is 1550 g/mol. The molecule has 0 atom stereocenters. The van der Waals surface area contributed by atoms with Gasteiger partial charge in [0.15, 0.2) is 28.0 Å². The minimum atomic E-state index is -6.40. The number of hydrogen-bond donors (Lipinski definition) is 0. The Hall–Kier alpha value is -5.20. The maximum atomic E-state index is 14.5. The molecule has 2 aromatic rings. The van der Waals surface area contributed by atoms with Gasteiger partial charge in [0.05, 0.1) is 15.9 Å². The summed E-state index contributed by atoms with van der Waals surface area (Å²) in [4.78, 5) is 33.5. The maximum absolute atomic E-state index is 14.5. The van der Waals surface area contributed by atoms with E-state index in [1.165, 1.54) is 50.2 Å². The van der Waals surface area contributed by atoms with Gasteiger partial charge in [0, 0.05) is 35.5 Å². The summed E-state index contributed by atoms with van der Waals surface area (Å²) in [6.07, 6.45) is -5.20. The third kappa shape index (κ3) is 11.7. The lowest BCUT2D eigenvalue weighted by Gasteiger charge is -2.59. The van der Waals surface area contributed by atoms with Gasteiger partial charge in [-0.25, -0.2) is 8.98 Å². The van der Waals surface area contributed by atoms with Gasteiger partial charge in [-0.15, -0.1) is 6.58 Å². The zero-order chi connectivity index (χ0) is 77.7. The normalized spacial score (nSPS) is 37.7. The minimum absolute atomic E-state index is 0.0527. The molecule has 0 unspecified atom stereocenters. The molecule has 12 nitrogen and oxygen atoms in total. The van der Waals surface area contributed by atoms with E-state index in [0.29, 0.717) is 0 Å². The van der Waals surface area contributed by atoms with Crippen LogP contribution in [0.1, 0.15) is 186 Å². The summed E-state index contributed by atoms with van der Waals surface area (Å²) in [5.74, 6) is -47.0. The molecule has 0 heterocycles. The van der Waals surface area contributed by atoms with Crippen molar-refractivity contribution in [2.45, 2.75) is 275 Å². The van der Waals surface area contributed by atoms with Crippen molar-refractivity contribution in [3.63, 3.8) is 0 Å². The lowest BCUT2D eigenvalue weighted by atomic mass is 9.54. The second-order valence-corrected chi connectivity index (χ2v) is 32.7. The van der Waals surface area contributed by atoms with Crippen LogP contribution in [0.4, 0.5) is 101 Å². The van der Waals surface area contributed by atoms with Gasteiger partial charge in [0.1, 0.15) is 0 Å². The molecule has 15 fully saturated rings. The van der Waals surface area contributed by atoms with Crippen LogP contribution in [0.2, 0.25) is 0 Å². The van der Waals surface area contributed by atoms with Crippen molar-refractivity contribution in [1.82, 2.24) is 0 Å². The summed E-state index contributed by atoms with van der Waals surface area (Å²) in [5.41, 5.74) is -27.5. The third-order valence-corrected chi connectivity index (χ3v) is 26.1. The van der Waals surface area contributed by atoms with E-state index in [1.54, 1.807) is 25.1 Å². The number of carbonyl (C=O) groups excluding carboxylic acids is 3. The van der Waals surface area contributed by atoms with Gasteiger partial charge in [-0.2, -0.15) is 118 Å². The largest absolute Gasteiger partial charge is 0.523 e. The SMILES string of the molecule is C=CC12CCC(OC(C)=O)(CC1)C(F)(F)C2(F)F.CC(=O)OC12CCC(C)(CC1)C(F)(F)C2(F)F.CC12CCC(OC(=O)c3ccccc3)(CC1)C(F)(F)C2(F)F.CC12CCC(OS(=O)(=O)C(F)(F)F)(CC1)C(F)(F)C2(F)F.Cc1ccc(S(=O)(=O)OC23CCC(C)(CC2)C(F)(F)C3(F)F)cc1. The van der Waals surface area contributed by atoms with Crippen molar-refractivity contribution in [2.24, 2.45) is 27.1 Å². The number of ether oxygens (including phenoxy) is 3. The predicted molar refractivity (Wildman–Crippen MR) is 311 cm³/mol. The molecule has 15 aliphatic carbocycles. The zero-order valence-electron chi connectivity index (χ0n) is 55.5. The first-order chi connectivity index (χ1) is 45.9. The van der Waals surface area contributed by atoms with Gasteiger partial charge in [-0.3, -0.25) is 13.8 Å². The number of fused-ring (bicyclic) bond motifs is 15. The van der Waals surface area contributed by atoms with E-state index in [0.717, 1.165) is 39.3 Å². The van der Waals surface area contributed by atoms with E-state index in [-0.39, 0.29) is 100 Å². The zero-order valence-corrected chi connectivity index (χ0v) is 57.2. The molecule has 10 bridgehead atoms. The summed E-state index contributed by atoms with van der Waals surface area (Å²) in [5, 5.41) is 0. The molecule has 102 heavy (non-hydrogen) atoms. The Bertz CT molecular complexity index is 3740. The number of carbonyl (C=O) groups is 3. The lowest BCUT2D eigenvalue weighted by Crippen LogP contribution is -2.73. The van der Waals surface area contributed by atoms with E-state index < -0.39 is 196 Å². The molecule has 0 spiro atoms. The second-order valence-electron chi connectivity index (χ2n) is 29.6. The van der Waals surface area contributed by atoms with Crippen LogP contribution in [-0.2, 0) is 52.4 Å². The van der Waals surface area contributed by atoms with E-state index in [4.69, 9.17) is 8.92 Å². The molecule has 0 aliphatic heterocycles. The van der Waals surface area contributed by atoms with Gasteiger partial charge in [0.25, 0.3) is 10.1 Å². The smallest absolute Gasteiger partial charge is 0.453 e. The summed E-state index contributed by atoms with van der Waals surface area (Å²) < 4.78 is 388. The summed E-state index contributed by atoms with van der Waals surface area (Å²) in [6.45, 7) is 11.3. The Labute approximate surface area is 571 Å². The Morgan fingerprint density at radius 1 is 0.382 bits per heavy atom. The van der Waals surface area contributed by atoms with E-state index >= 15 is 0 Å². The van der Waals surface area contributed by atoms with Crippen molar-refractivity contribution in [2.75, 3.05) is 0 Å². The van der Waals surface area contributed by atoms with Crippen LogP contribution < -0.4 is 0 Å². The number of rotatable bonds is 10. The van der Waals surface area contributed by atoms with Crippen LogP contribution in [0.3, 0.4) is 0 Å². The van der Waals surface area contributed by atoms with Crippen molar-refractivity contribution < 1.29 is 155 Å². The molecule has 0 N–H and O–H groups in total. The Morgan fingerprint density at radius 2 is 0.657 bits per heavy atom. The molecule has 0 amide bonds. The van der Waals surface area contributed by atoms with Crippen molar-refractivity contribution in [1.29, 1.82) is 0 Å². The summed E-state index contributed by atoms with van der Waals surface area (Å²) in [6, 6.07) is 13.0. The van der Waals surface area contributed by atoms with E-state index in [1.807, 2.05) is 0 Å². The number of esters is 3. The van der Waals surface area contributed by atoms with Crippen LogP contribution in [-0.4, -0.2) is 127 Å². The van der Waals surface area contributed by atoms with Crippen LogP contribution in [0.15, 0.2) is 72.1 Å². The van der Waals surface area contributed by atoms with Gasteiger partial charge < -0.3 is 14.2 Å². The average Bonchev–Trinajstić information content (AvgIpc) is 0.715. The topological polar surface area (TPSA) is 166 Å². The fourth-order valence-corrected chi connectivity index (χ4v) is 18.0. The Kier molecular flexibility index (Phi) is 20.2. The average molecular weight is 1550 g/mol. The molecule has 15 aliphatic rings. The first-order valence-corrected chi connectivity index (χ1v) is 34.8. The van der Waals surface area contributed by atoms with Gasteiger partial charge in [-0.1, -0.05) is 69.7 Å². The predicted octanol–water partition coefficient (Wildman–Crippen LogP) is 18.7. The van der Waals surface area contributed by atoms with Crippen molar-refractivity contribution >= 4 is 38.1 Å². The quantitative estimate of drug-likeness (QED) is 0.0553. The van der Waals surface area contributed by atoms with Crippen LogP contribution in [0.25, 0.3) is 0 Å². The number of allylic oxidation sites excluding steroid dienone is 1. The standard InChI is InChI=1S/C16H18F4O3S.C16H16F4O2.C12H14F4O2.C11H14F4O2.C10H11F7O3S/c1-11-3-5-12(6-4-11)24(21,22)23-14-9-7-13(2,8-10-14)15(17,18)16(14,19)20;1-13-7-9-14(10-8-13,16(19,20)15(13,17)18)22-12(21)11-5-3-2-4-6-11;1-3-9-4-6-10(7-5-9,18-8(2)17)12(15,16)11(9,13)14;1-7(16)17-9-5-3-8(2,4-6-9)10(12,13)11(9,14)15;1-6-2-4-7(5-3-6,9(13,14)8(6,11)12)20-21(18,19)10(15,16)17/h3-6H,7-10H2,1-2H3;2-6H,7-10H2,1H3;3H,1,4-7H2,2H3;3-6H2,1-2H3;2-5H2,1H3. The third-order valence-electron chi connectivity index (χ3n) is 23.6. The maximum Gasteiger partial charge on any atom is 0.523 e. The van der Waals surface area contributed by atoms with Crippen molar-refractivity contribution in [3.8, 4) is 0 Å². The Balaban J connectivity index is 0.000000163. The van der Waals surface area contributed by atoms with Gasteiger partial charge >= 0.3 is 92.8 Å². The highest BCUT2D eigenvalue weighted by Crippen LogP contribution is 2.73. The summed E-state index contributed by atoms with van der Waals surface area (Å²) >= 11 is 0. The molecular formula is C65H73F23O12S2. The molecule has 0 saturated heterocycles. The number of hydrogen-bond acceptors (Lipinski definition) is 12. The van der Waals surface area contributed by atoms with Crippen LogP contribution in [0.5, 0.6) is 0 Å². The molecule has 2 aromatic carbocycles. The number of aryl methyl sites for hydroxylation is 1. The highest BCUT2D eigenvalue weighted by molar-refractivity contribution is 7.87. The fourth-order valence-electron chi connectivity index (χ4n) is 16.0. The highest BCUT2D eigenvalue weighted by atomic mass is 32.2. The second kappa shape index (κ2) is 24.9. The van der Waals surface area contributed by atoms with Crippen molar-refractivity contribution in [3.05, 3.63) is 78.4 Å². The molecular weight excluding hydrogens is 1470 g/mol. The number of halogens is 23. The van der Waals surface area contributed by atoms with E-state index in [2.05, 4.69) is 20.2 Å². The molecule has 0 radical (unpaired) electrons. The Morgan fingerprint density at radius 3 is 0.961 bits per heavy atom.